The maximum atomic E-state index is 12.1. The standard InChI is InChI=1S/C18H20N2O4/c1-12-6-4-5-7-14(12)18(22)19-11-17(21)20-13-8-9-15(23-2)16(10-13)24-3/h4-10H,11H2,1-3H3,(H,19,22)(H,20,21). The Balaban J connectivity index is 1.94. The molecule has 0 atom stereocenters. The highest BCUT2D eigenvalue weighted by Crippen LogP contribution is 2.29. The molecule has 2 aromatic rings. The molecule has 2 N–H and O–H groups in total. The van der Waals surface area contributed by atoms with Crippen LogP contribution < -0.4 is 20.1 Å². The van der Waals surface area contributed by atoms with Crippen molar-refractivity contribution in [1.82, 2.24) is 5.32 Å². The zero-order chi connectivity index (χ0) is 17.5. The van der Waals surface area contributed by atoms with Crippen LogP contribution in [0.1, 0.15) is 15.9 Å². The Kier molecular flexibility index (Phi) is 5.78. The number of carbonyl (C=O) groups is 2. The summed E-state index contributed by atoms with van der Waals surface area (Å²) in [7, 11) is 3.06. The molecule has 0 saturated heterocycles. The summed E-state index contributed by atoms with van der Waals surface area (Å²) in [4.78, 5) is 24.1. The molecule has 24 heavy (non-hydrogen) atoms. The third kappa shape index (κ3) is 4.25. The number of hydrogen-bond acceptors (Lipinski definition) is 4. The smallest absolute Gasteiger partial charge is 0.251 e. The molecule has 0 bridgehead atoms. The first-order chi connectivity index (χ1) is 11.5. The Morgan fingerprint density at radius 3 is 2.38 bits per heavy atom. The second kappa shape index (κ2) is 8.01. The quantitative estimate of drug-likeness (QED) is 0.853. The van der Waals surface area contributed by atoms with Gasteiger partial charge in [0.05, 0.1) is 20.8 Å². The van der Waals surface area contributed by atoms with Crippen LogP contribution in [0.4, 0.5) is 5.69 Å². The van der Waals surface area contributed by atoms with Gasteiger partial charge in [0.1, 0.15) is 0 Å². The van der Waals surface area contributed by atoms with E-state index in [-0.39, 0.29) is 18.4 Å². The summed E-state index contributed by atoms with van der Waals surface area (Å²) in [5.74, 6) is 0.474. The minimum atomic E-state index is -0.329. The van der Waals surface area contributed by atoms with E-state index in [2.05, 4.69) is 10.6 Å². The van der Waals surface area contributed by atoms with Crippen molar-refractivity contribution in [3.63, 3.8) is 0 Å². The van der Waals surface area contributed by atoms with Crippen molar-refractivity contribution in [2.45, 2.75) is 6.92 Å². The molecule has 126 valence electrons. The summed E-state index contributed by atoms with van der Waals surface area (Å²) in [6, 6.07) is 12.2. The molecule has 0 saturated carbocycles. The van der Waals surface area contributed by atoms with Gasteiger partial charge in [-0.05, 0) is 30.7 Å². The van der Waals surface area contributed by atoms with Gasteiger partial charge in [-0.3, -0.25) is 9.59 Å². The lowest BCUT2D eigenvalue weighted by Crippen LogP contribution is -2.33. The van der Waals surface area contributed by atoms with Crippen LogP contribution in [0, 0.1) is 6.92 Å². The van der Waals surface area contributed by atoms with Crippen molar-refractivity contribution in [3.05, 3.63) is 53.6 Å². The Hall–Kier alpha value is -3.02. The van der Waals surface area contributed by atoms with Crippen LogP contribution in [-0.4, -0.2) is 32.6 Å². The van der Waals surface area contributed by atoms with E-state index in [0.29, 0.717) is 22.7 Å². The summed E-state index contributed by atoms with van der Waals surface area (Å²) in [6.07, 6.45) is 0. The van der Waals surface area contributed by atoms with Crippen molar-refractivity contribution in [2.75, 3.05) is 26.1 Å². The van der Waals surface area contributed by atoms with Gasteiger partial charge in [0.15, 0.2) is 11.5 Å². The number of anilines is 1. The summed E-state index contributed by atoms with van der Waals surface area (Å²) in [6.45, 7) is 1.72. The molecule has 0 fully saturated rings. The zero-order valence-corrected chi connectivity index (χ0v) is 13.9. The summed E-state index contributed by atoms with van der Waals surface area (Å²) >= 11 is 0. The second-order valence-corrected chi connectivity index (χ2v) is 5.12. The Morgan fingerprint density at radius 1 is 1.00 bits per heavy atom. The van der Waals surface area contributed by atoms with E-state index in [9.17, 15) is 9.59 Å². The van der Waals surface area contributed by atoms with Gasteiger partial charge in [0.25, 0.3) is 5.91 Å². The van der Waals surface area contributed by atoms with E-state index in [1.807, 2.05) is 19.1 Å². The number of hydrogen-bond donors (Lipinski definition) is 2. The fourth-order valence-corrected chi connectivity index (χ4v) is 2.20. The minimum absolute atomic E-state index is 0.123. The number of amides is 2. The van der Waals surface area contributed by atoms with Crippen LogP contribution in [0.5, 0.6) is 11.5 Å². The molecule has 2 aromatic carbocycles. The lowest BCUT2D eigenvalue weighted by molar-refractivity contribution is -0.115. The molecule has 0 aliphatic carbocycles. The summed E-state index contributed by atoms with van der Waals surface area (Å²) in [5.41, 5.74) is 1.97. The van der Waals surface area contributed by atoms with Gasteiger partial charge in [0.2, 0.25) is 5.91 Å². The van der Waals surface area contributed by atoms with Gasteiger partial charge < -0.3 is 20.1 Å². The molecule has 6 heteroatoms. The van der Waals surface area contributed by atoms with E-state index in [1.54, 1.807) is 30.3 Å². The van der Waals surface area contributed by atoms with Crippen molar-refractivity contribution < 1.29 is 19.1 Å². The van der Waals surface area contributed by atoms with Crippen LogP contribution in [0.3, 0.4) is 0 Å². The van der Waals surface area contributed by atoms with Crippen molar-refractivity contribution >= 4 is 17.5 Å². The van der Waals surface area contributed by atoms with Gasteiger partial charge in [-0.1, -0.05) is 18.2 Å². The Morgan fingerprint density at radius 2 is 1.71 bits per heavy atom. The maximum absolute atomic E-state index is 12.1. The molecule has 6 nitrogen and oxygen atoms in total. The monoisotopic (exact) mass is 328 g/mol. The molecule has 0 aliphatic heterocycles. The van der Waals surface area contributed by atoms with Crippen LogP contribution in [0.25, 0.3) is 0 Å². The van der Waals surface area contributed by atoms with Gasteiger partial charge in [-0.25, -0.2) is 0 Å². The third-order valence-electron chi connectivity index (χ3n) is 3.47. The van der Waals surface area contributed by atoms with E-state index < -0.39 is 0 Å². The normalized spacial score (nSPS) is 9.96. The largest absolute Gasteiger partial charge is 0.493 e. The number of carbonyl (C=O) groups excluding carboxylic acids is 2. The predicted molar refractivity (Wildman–Crippen MR) is 91.7 cm³/mol. The minimum Gasteiger partial charge on any atom is -0.493 e. The van der Waals surface area contributed by atoms with E-state index in [1.165, 1.54) is 14.2 Å². The van der Waals surface area contributed by atoms with E-state index >= 15 is 0 Å². The summed E-state index contributed by atoms with van der Waals surface area (Å²) in [5, 5.41) is 5.30. The zero-order valence-electron chi connectivity index (χ0n) is 13.9. The molecular weight excluding hydrogens is 308 g/mol. The van der Waals surface area contributed by atoms with Crippen molar-refractivity contribution in [1.29, 1.82) is 0 Å². The maximum Gasteiger partial charge on any atom is 0.251 e. The molecule has 0 spiro atoms. The molecule has 2 amide bonds. The lowest BCUT2D eigenvalue weighted by atomic mass is 10.1. The van der Waals surface area contributed by atoms with Crippen LogP contribution in [0.2, 0.25) is 0 Å². The first kappa shape index (κ1) is 17.3. The Labute approximate surface area is 140 Å². The van der Waals surface area contributed by atoms with Crippen molar-refractivity contribution in [3.8, 4) is 11.5 Å². The number of benzene rings is 2. The number of aryl methyl sites for hydroxylation is 1. The number of methoxy groups -OCH3 is 2. The molecule has 0 aliphatic rings. The van der Waals surface area contributed by atoms with Crippen LogP contribution in [-0.2, 0) is 4.79 Å². The van der Waals surface area contributed by atoms with Gasteiger partial charge in [-0.15, -0.1) is 0 Å². The molecule has 0 aromatic heterocycles. The highest BCUT2D eigenvalue weighted by atomic mass is 16.5. The lowest BCUT2D eigenvalue weighted by Gasteiger charge is -2.11. The fraction of sp³-hybridized carbons (Fsp3) is 0.222. The number of nitrogens with one attached hydrogen (secondary N) is 2. The molecule has 0 radical (unpaired) electrons. The third-order valence-corrected chi connectivity index (χ3v) is 3.47. The number of rotatable bonds is 6. The van der Waals surface area contributed by atoms with Gasteiger partial charge in [0, 0.05) is 17.3 Å². The number of ether oxygens (including phenoxy) is 2. The average molecular weight is 328 g/mol. The van der Waals surface area contributed by atoms with Crippen molar-refractivity contribution in [2.24, 2.45) is 0 Å². The Bertz CT molecular complexity index is 744. The molecular formula is C18H20N2O4. The summed E-state index contributed by atoms with van der Waals surface area (Å²) < 4.78 is 10.3. The predicted octanol–water partition coefficient (Wildman–Crippen LogP) is 2.38. The topological polar surface area (TPSA) is 76.7 Å². The molecule has 0 unspecified atom stereocenters. The van der Waals surface area contributed by atoms with E-state index in [0.717, 1.165) is 5.56 Å². The highest BCUT2D eigenvalue weighted by molar-refractivity contribution is 6.00. The molecule has 0 heterocycles. The van der Waals surface area contributed by atoms with Gasteiger partial charge in [-0.2, -0.15) is 0 Å². The van der Waals surface area contributed by atoms with Gasteiger partial charge >= 0.3 is 0 Å². The van der Waals surface area contributed by atoms with E-state index in [4.69, 9.17) is 9.47 Å². The second-order valence-electron chi connectivity index (χ2n) is 5.12. The SMILES string of the molecule is COc1ccc(NC(=O)CNC(=O)c2ccccc2C)cc1OC. The van der Waals surface area contributed by atoms with Crippen LogP contribution >= 0.6 is 0 Å². The first-order valence-electron chi connectivity index (χ1n) is 7.41. The molecule has 2 rings (SSSR count). The average Bonchev–Trinajstić information content (AvgIpc) is 2.60. The highest BCUT2D eigenvalue weighted by Gasteiger charge is 2.11. The fourth-order valence-electron chi connectivity index (χ4n) is 2.20. The first-order valence-corrected chi connectivity index (χ1v) is 7.41. The van der Waals surface area contributed by atoms with Crippen LogP contribution in [0.15, 0.2) is 42.5 Å².